The number of pyridine rings is 1. The predicted molar refractivity (Wildman–Crippen MR) is 92.2 cm³/mol. The number of carbonyl (C=O) groups is 2. The highest BCUT2D eigenvalue weighted by Crippen LogP contribution is 2.32. The zero-order chi connectivity index (χ0) is 16.9. The first-order valence-electron chi connectivity index (χ1n) is 7.45. The fraction of sp³-hybridized carbons (Fsp3) is 0.235. The van der Waals surface area contributed by atoms with E-state index in [1.54, 1.807) is 19.4 Å². The molecule has 7 heteroatoms. The first-order valence-corrected chi connectivity index (χ1v) is 8.44. The lowest BCUT2D eigenvalue weighted by atomic mass is 10.2. The molecule has 1 aliphatic heterocycles. The van der Waals surface area contributed by atoms with Gasteiger partial charge in [-0.15, -0.1) is 0 Å². The van der Waals surface area contributed by atoms with Gasteiger partial charge in [0.2, 0.25) is 11.8 Å². The van der Waals surface area contributed by atoms with E-state index in [9.17, 15) is 9.59 Å². The molecule has 0 unspecified atom stereocenters. The zero-order valence-electron chi connectivity index (χ0n) is 13.2. The van der Waals surface area contributed by atoms with Crippen LogP contribution < -0.4 is 15.0 Å². The van der Waals surface area contributed by atoms with Crippen molar-refractivity contribution in [3.8, 4) is 5.75 Å². The van der Waals surface area contributed by atoms with Gasteiger partial charge in [0.25, 0.3) is 0 Å². The predicted octanol–water partition coefficient (Wildman–Crippen LogP) is 1.85. The van der Waals surface area contributed by atoms with Crippen molar-refractivity contribution in [2.45, 2.75) is 11.6 Å². The van der Waals surface area contributed by atoms with Crippen LogP contribution in [0.2, 0.25) is 0 Å². The van der Waals surface area contributed by atoms with Crippen LogP contribution in [0.25, 0.3) is 0 Å². The molecule has 0 atom stereocenters. The van der Waals surface area contributed by atoms with E-state index in [2.05, 4.69) is 10.3 Å². The van der Waals surface area contributed by atoms with Crippen LogP contribution in [0.4, 0.5) is 5.69 Å². The molecule has 2 amide bonds. The number of nitrogens with one attached hydrogen (secondary N) is 1. The van der Waals surface area contributed by atoms with E-state index < -0.39 is 0 Å². The van der Waals surface area contributed by atoms with Crippen molar-refractivity contribution in [1.82, 2.24) is 10.3 Å². The fourth-order valence-electron chi connectivity index (χ4n) is 2.36. The third-order valence-corrected chi connectivity index (χ3v) is 4.61. The molecule has 0 radical (unpaired) electrons. The number of rotatable bonds is 5. The summed E-state index contributed by atoms with van der Waals surface area (Å²) >= 11 is 1.40. The SMILES string of the molecule is COc1ccc(CNC(=O)CN2C(=O)CSc3ncccc32)cc1. The minimum atomic E-state index is -0.208. The summed E-state index contributed by atoms with van der Waals surface area (Å²) in [6.07, 6.45) is 1.68. The summed E-state index contributed by atoms with van der Waals surface area (Å²) in [5.41, 5.74) is 1.66. The van der Waals surface area contributed by atoms with Crippen LogP contribution in [0, 0.1) is 0 Å². The Morgan fingerprint density at radius 2 is 2.12 bits per heavy atom. The first kappa shape index (κ1) is 16.3. The van der Waals surface area contributed by atoms with Gasteiger partial charge in [0.15, 0.2) is 0 Å². The summed E-state index contributed by atoms with van der Waals surface area (Å²) in [4.78, 5) is 30.1. The monoisotopic (exact) mass is 343 g/mol. The molecule has 0 saturated heterocycles. The Kier molecular flexibility index (Phi) is 5.00. The van der Waals surface area contributed by atoms with Gasteiger partial charge in [-0.05, 0) is 29.8 Å². The van der Waals surface area contributed by atoms with Crippen LogP contribution >= 0.6 is 11.8 Å². The number of aromatic nitrogens is 1. The van der Waals surface area contributed by atoms with E-state index in [0.29, 0.717) is 18.0 Å². The molecule has 0 fully saturated rings. The molecule has 2 heterocycles. The second-order valence-electron chi connectivity index (χ2n) is 5.22. The van der Waals surface area contributed by atoms with Gasteiger partial charge < -0.3 is 10.1 Å². The number of carbonyl (C=O) groups excluding carboxylic acids is 2. The van der Waals surface area contributed by atoms with Gasteiger partial charge in [0, 0.05) is 12.7 Å². The standard InChI is InChI=1S/C17H17N3O3S/c1-23-13-6-4-12(5-7-13)9-19-15(21)10-20-14-3-2-8-18-17(14)24-11-16(20)22/h2-8H,9-11H2,1H3,(H,19,21). The maximum atomic E-state index is 12.2. The van der Waals surface area contributed by atoms with Gasteiger partial charge in [0.1, 0.15) is 17.3 Å². The number of benzene rings is 1. The lowest BCUT2D eigenvalue weighted by Gasteiger charge is -2.27. The summed E-state index contributed by atoms with van der Waals surface area (Å²) < 4.78 is 5.10. The average molecular weight is 343 g/mol. The van der Waals surface area contributed by atoms with Crippen LogP contribution in [0.5, 0.6) is 5.75 Å². The third-order valence-electron chi connectivity index (χ3n) is 3.63. The third kappa shape index (κ3) is 3.68. The number of anilines is 1. The van der Waals surface area contributed by atoms with Gasteiger partial charge in [-0.25, -0.2) is 4.98 Å². The zero-order valence-corrected chi connectivity index (χ0v) is 14.0. The molecule has 24 heavy (non-hydrogen) atoms. The number of hydrogen-bond acceptors (Lipinski definition) is 5. The molecule has 0 saturated carbocycles. The van der Waals surface area contributed by atoms with Gasteiger partial charge in [-0.1, -0.05) is 23.9 Å². The molecule has 3 rings (SSSR count). The number of fused-ring (bicyclic) bond motifs is 1. The number of nitrogens with zero attached hydrogens (tertiary/aromatic N) is 2. The summed E-state index contributed by atoms with van der Waals surface area (Å²) in [5, 5.41) is 3.61. The van der Waals surface area contributed by atoms with E-state index in [1.165, 1.54) is 16.7 Å². The Bertz CT molecular complexity index is 749. The second-order valence-corrected chi connectivity index (χ2v) is 6.19. The minimum Gasteiger partial charge on any atom is -0.497 e. The summed E-state index contributed by atoms with van der Waals surface area (Å²) in [5.74, 6) is 0.780. The minimum absolute atomic E-state index is 0.00571. The van der Waals surface area contributed by atoms with E-state index in [-0.39, 0.29) is 18.4 Å². The lowest BCUT2D eigenvalue weighted by Crippen LogP contribution is -2.43. The normalized spacial score (nSPS) is 13.4. The van der Waals surface area contributed by atoms with Crippen molar-refractivity contribution in [3.63, 3.8) is 0 Å². The quantitative estimate of drug-likeness (QED) is 0.897. The van der Waals surface area contributed by atoms with Crippen LogP contribution in [-0.4, -0.2) is 36.2 Å². The number of hydrogen-bond donors (Lipinski definition) is 1. The van der Waals surface area contributed by atoms with E-state index in [0.717, 1.165) is 16.3 Å². The van der Waals surface area contributed by atoms with Gasteiger partial charge in [-0.3, -0.25) is 14.5 Å². The summed E-state index contributed by atoms with van der Waals surface area (Å²) in [7, 11) is 1.61. The first-order chi connectivity index (χ1) is 11.7. The summed E-state index contributed by atoms with van der Waals surface area (Å²) in [6.45, 7) is 0.397. The number of methoxy groups -OCH3 is 1. The Hall–Kier alpha value is -2.54. The van der Waals surface area contributed by atoms with Gasteiger partial charge >= 0.3 is 0 Å². The number of ether oxygens (including phenoxy) is 1. The van der Waals surface area contributed by atoms with Gasteiger partial charge in [0.05, 0.1) is 18.6 Å². The fourth-order valence-corrected chi connectivity index (χ4v) is 3.24. The Labute approximate surface area is 144 Å². The number of amides is 2. The van der Waals surface area contributed by atoms with E-state index >= 15 is 0 Å². The van der Waals surface area contributed by atoms with Crippen molar-refractivity contribution < 1.29 is 14.3 Å². The Morgan fingerprint density at radius 3 is 2.88 bits per heavy atom. The van der Waals surface area contributed by atoms with E-state index in [1.807, 2.05) is 30.3 Å². The molecule has 0 spiro atoms. The van der Waals surface area contributed by atoms with Crippen molar-refractivity contribution in [2.24, 2.45) is 0 Å². The van der Waals surface area contributed by atoms with Crippen LogP contribution in [-0.2, 0) is 16.1 Å². The average Bonchev–Trinajstić information content (AvgIpc) is 2.63. The van der Waals surface area contributed by atoms with E-state index in [4.69, 9.17) is 4.74 Å². The Morgan fingerprint density at radius 1 is 1.33 bits per heavy atom. The molecule has 124 valence electrons. The van der Waals surface area contributed by atoms with Crippen molar-refractivity contribution in [2.75, 3.05) is 24.3 Å². The van der Waals surface area contributed by atoms with Gasteiger partial charge in [-0.2, -0.15) is 0 Å². The maximum Gasteiger partial charge on any atom is 0.240 e. The topological polar surface area (TPSA) is 71.5 Å². The second kappa shape index (κ2) is 7.35. The van der Waals surface area contributed by atoms with Crippen molar-refractivity contribution >= 4 is 29.3 Å². The van der Waals surface area contributed by atoms with Crippen LogP contribution in [0.3, 0.4) is 0 Å². The Balaban J connectivity index is 1.61. The maximum absolute atomic E-state index is 12.2. The molecule has 1 N–H and O–H groups in total. The molecule has 1 aromatic heterocycles. The molecule has 1 aliphatic rings. The number of thioether (sulfide) groups is 1. The molecule has 0 bridgehead atoms. The lowest BCUT2D eigenvalue weighted by molar-refractivity contribution is -0.123. The van der Waals surface area contributed by atoms with Crippen molar-refractivity contribution in [1.29, 1.82) is 0 Å². The molecule has 6 nitrogen and oxygen atoms in total. The van der Waals surface area contributed by atoms with Crippen molar-refractivity contribution in [3.05, 3.63) is 48.2 Å². The molecule has 2 aromatic rings. The highest BCUT2D eigenvalue weighted by atomic mass is 32.2. The highest BCUT2D eigenvalue weighted by molar-refractivity contribution is 8.00. The largest absolute Gasteiger partial charge is 0.497 e. The molecule has 0 aliphatic carbocycles. The smallest absolute Gasteiger partial charge is 0.240 e. The highest BCUT2D eigenvalue weighted by Gasteiger charge is 2.26. The molecular weight excluding hydrogens is 326 g/mol. The van der Waals surface area contributed by atoms with Crippen LogP contribution in [0.1, 0.15) is 5.56 Å². The molecular formula is C17H17N3O3S. The molecule has 1 aromatic carbocycles. The van der Waals surface area contributed by atoms with Crippen LogP contribution in [0.15, 0.2) is 47.6 Å². The summed E-state index contributed by atoms with van der Waals surface area (Å²) in [6, 6.07) is 11.0.